The first-order valence-electron chi connectivity index (χ1n) is 6.96. The maximum atomic E-state index is 12.3. The maximum absolute atomic E-state index is 12.3. The van der Waals surface area contributed by atoms with Crippen LogP contribution in [-0.2, 0) is 21.3 Å². The monoisotopic (exact) mass is 308 g/mol. The standard InChI is InChI=1S/C15H20N2O3S/c16-9-3-6-13-4-1-2-5-14(13)12-17-21(18,19)15-7-10-20-11-8-15/h1-2,4-5,15,17H,7-12,16H2. The Kier molecular flexibility index (Phi) is 5.76. The largest absolute Gasteiger partial charge is 0.381 e. The molecule has 0 aliphatic carbocycles. The number of nitrogens with one attached hydrogen (secondary N) is 1. The molecule has 21 heavy (non-hydrogen) atoms. The highest BCUT2D eigenvalue weighted by molar-refractivity contribution is 7.90. The minimum atomic E-state index is -3.32. The number of rotatable bonds is 4. The first-order valence-corrected chi connectivity index (χ1v) is 8.51. The molecule has 5 nitrogen and oxygen atoms in total. The lowest BCUT2D eigenvalue weighted by molar-refractivity contribution is 0.0981. The van der Waals surface area contributed by atoms with Crippen LogP contribution in [0.5, 0.6) is 0 Å². The smallest absolute Gasteiger partial charge is 0.214 e. The van der Waals surface area contributed by atoms with Crippen molar-refractivity contribution in [2.45, 2.75) is 24.6 Å². The third-order valence-corrected chi connectivity index (χ3v) is 5.31. The SMILES string of the molecule is NCC#Cc1ccccc1CNS(=O)(=O)C1CCOCC1. The Bertz CT molecular complexity index is 626. The molecular formula is C15H20N2O3S. The molecule has 1 aromatic carbocycles. The fourth-order valence-corrected chi connectivity index (χ4v) is 3.63. The van der Waals surface area contributed by atoms with Crippen molar-refractivity contribution in [1.82, 2.24) is 4.72 Å². The number of hydrogen-bond donors (Lipinski definition) is 2. The van der Waals surface area contributed by atoms with Crippen LogP contribution in [0, 0.1) is 11.8 Å². The molecule has 0 aromatic heterocycles. The highest BCUT2D eigenvalue weighted by Crippen LogP contribution is 2.16. The predicted octanol–water partition coefficient (Wildman–Crippen LogP) is 0.595. The second kappa shape index (κ2) is 7.57. The lowest BCUT2D eigenvalue weighted by Gasteiger charge is -2.22. The number of ether oxygens (including phenoxy) is 1. The van der Waals surface area contributed by atoms with Gasteiger partial charge in [-0.05, 0) is 24.5 Å². The van der Waals surface area contributed by atoms with E-state index in [4.69, 9.17) is 10.5 Å². The van der Waals surface area contributed by atoms with Gasteiger partial charge >= 0.3 is 0 Å². The molecule has 1 saturated heterocycles. The van der Waals surface area contributed by atoms with Crippen molar-refractivity contribution in [2.24, 2.45) is 5.73 Å². The van der Waals surface area contributed by atoms with Crippen LogP contribution in [0.25, 0.3) is 0 Å². The summed E-state index contributed by atoms with van der Waals surface area (Å²) in [5.74, 6) is 5.75. The third kappa shape index (κ3) is 4.55. The summed E-state index contributed by atoms with van der Waals surface area (Å²) < 4.78 is 32.4. The third-order valence-electron chi connectivity index (χ3n) is 3.41. The van der Waals surface area contributed by atoms with Gasteiger partial charge in [-0.25, -0.2) is 13.1 Å². The van der Waals surface area contributed by atoms with Gasteiger partial charge in [-0.15, -0.1) is 0 Å². The lowest BCUT2D eigenvalue weighted by atomic mass is 10.1. The number of nitrogens with two attached hydrogens (primary N) is 1. The van der Waals surface area contributed by atoms with Gasteiger partial charge in [0.1, 0.15) is 0 Å². The fraction of sp³-hybridized carbons (Fsp3) is 0.467. The van der Waals surface area contributed by atoms with Gasteiger partial charge in [0, 0.05) is 25.3 Å². The second-order valence-electron chi connectivity index (χ2n) is 4.84. The van der Waals surface area contributed by atoms with Crippen molar-refractivity contribution >= 4 is 10.0 Å². The van der Waals surface area contributed by atoms with E-state index in [1.807, 2.05) is 24.3 Å². The van der Waals surface area contributed by atoms with E-state index in [0.29, 0.717) is 26.1 Å². The molecule has 2 rings (SSSR count). The molecule has 1 aliphatic heterocycles. The summed E-state index contributed by atoms with van der Waals surface area (Å²) in [4.78, 5) is 0. The Morgan fingerprint density at radius 1 is 1.29 bits per heavy atom. The first-order chi connectivity index (χ1) is 10.1. The minimum absolute atomic E-state index is 0.245. The second-order valence-corrected chi connectivity index (χ2v) is 6.89. The van der Waals surface area contributed by atoms with Gasteiger partial charge in [0.25, 0.3) is 0 Å². The van der Waals surface area contributed by atoms with Crippen molar-refractivity contribution in [2.75, 3.05) is 19.8 Å². The summed E-state index contributed by atoms with van der Waals surface area (Å²) in [5.41, 5.74) is 7.03. The zero-order chi connectivity index (χ0) is 15.1. The summed E-state index contributed by atoms with van der Waals surface area (Å²) in [7, 11) is -3.32. The Balaban J connectivity index is 2.05. The van der Waals surface area contributed by atoms with Crippen LogP contribution in [0.1, 0.15) is 24.0 Å². The first kappa shape index (κ1) is 16.0. The molecular weight excluding hydrogens is 288 g/mol. The molecule has 0 amide bonds. The van der Waals surface area contributed by atoms with Crippen LogP contribution in [0.2, 0.25) is 0 Å². The van der Waals surface area contributed by atoms with E-state index in [-0.39, 0.29) is 18.3 Å². The van der Waals surface area contributed by atoms with Gasteiger partial charge in [0.15, 0.2) is 0 Å². The molecule has 1 aromatic rings. The Morgan fingerprint density at radius 3 is 2.71 bits per heavy atom. The van der Waals surface area contributed by atoms with Gasteiger partial charge < -0.3 is 10.5 Å². The van der Waals surface area contributed by atoms with Crippen LogP contribution in [-0.4, -0.2) is 33.4 Å². The zero-order valence-electron chi connectivity index (χ0n) is 11.8. The van der Waals surface area contributed by atoms with E-state index in [2.05, 4.69) is 16.6 Å². The zero-order valence-corrected chi connectivity index (χ0v) is 12.7. The van der Waals surface area contributed by atoms with Gasteiger partial charge in [-0.2, -0.15) is 0 Å². The topological polar surface area (TPSA) is 81.4 Å². The van der Waals surface area contributed by atoms with Crippen molar-refractivity contribution in [3.8, 4) is 11.8 Å². The highest BCUT2D eigenvalue weighted by atomic mass is 32.2. The van der Waals surface area contributed by atoms with Crippen LogP contribution >= 0.6 is 0 Å². The average molecular weight is 308 g/mol. The van der Waals surface area contributed by atoms with E-state index in [9.17, 15) is 8.42 Å². The Morgan fingerprint density at radius 2 is 2.00 bits per heavy atom. The normalized spacial score (nSPS) is 16.2. The summed E-state index contributed by atoms with van der Waals surface area (Å²) >= 11 is 0. The summed E-state index contributed by atoms with van der Waals surface area (Å²) in [5, 5.41) is -0.367. The van der Waals surface area contributed by atoms with Crippen LogP contribution < -0.4 is 10.5 Å². The molecule has 1 fully saturated rings. The minimum Gasteiger partial charge on any atom is -0.381 e. The van der Waals surface area contributed by atoms with Crippen molar-refractivity contribution in [1.29, 1.82) is 0 Å². The quantitative estimate of drug-likeness (QED) is 0.798. The molecule has 1 aliphatic rings. The molecule has 0 unspecified atom stereocenters. The van der Waals surface area contributed by atoms with E-state index in [1.165, 1.54) is 0 Å². The molecule has 0 spiro atoms. The number of benzene rings is 1. The van der Waals surface area contributed by atoms with Gasteiger partial charge in [-0.1, -0.05) is 30.0 Å². The average Bonchev–Trinajstić information content (AvgIpc) is 2.52. The van der Waals surface area contributed by atoms with Gasteiger partial charge in [-0.3, -0.25) is 0 Å². The highest BCUT2D eigenvalue weighted by Gasteiger charge is 2.27. The van der Waals surface area contributed by atoms with Crippen LogP contribution in [0.15, 0.2) is 24.3 Å². The van der Waals surface area contributed by atoms with E-state index in [0.717, 1.165) is 11.1 Å². The molecule has 3 N–H and O–H groups in total. The van der Waals surface area contributed by atoms with Crippen LogP contribution in [0.3, 0.4) is 0 Å². The molecule has 6 heteroatoms. The molecule has 1 heterocycles. The summed E-state index contributed by atoms with van der Waals surface area (Å²) in [6, 6.07) is 7.47. The van der Waals surface area contributed by atoms with Gasteiger partial charge in [0.05, 0.1) is 11.8 Å². The maximum Gasteiger partial charge on any atom is 0.214 e. The molecule has 114 valence electrons. The molecule has 0 bridgehead atoms. The number of hydrogen-bond acceptors (Lipinski definition) is 4. The fourth-order valence-electron chi connectivity index (χ4n) is 2.23. The van der Waals surface area contributed by atoms with Gasteiger partial charge in [0.2, 0.25) is 10.0 Å². The Hall–Kier alpha value is -1.39. The predicted molar refractivity (Wildman–Crippen MR) is 82.0 cm³/mol. The molecule has 0 radical (unpaired) electrons. The van der Waals surface area contributed by atoms with E-state index in [1.54, 1.807) is 0 Å². The summed E-state index contributed by atoms with van der Waals surface area (Å²) in [6.45, 7) is 1.53. The molecule has 0 atom stereocenters. The number of sulfonamides is 1. The molecule has 0 saturated carbocycles. The Labute approximate surface area is 125 Å². The van der Waals surface area contributed by atoms with Crippen LogP contribution in [0.4, 0.5) is 0 Å². The van der Waals surface area contributed by atoms with E-state index < -0.39 is 10.0 Å². The van der Waals surface area contributed by atoms with Crippen molar-refractivity contribution in [3.05, 3.63) is 35.4 Å². The summed E-state index contributed by atoms with van der Waals surface area (Å²) in [6.07, 6.45) is 1.09. The van der Waals surface area contributed by atoms with E-state index >= 15 is 0 Å². The lowest BCUT2D eigenvalue weighted by Crippen LogP contribution is -2.37. The van der Waals surface area contributed by atoms with Crippen molar-refractivity contribution < 1.29 is 13.2 Å². The van der Waals surface area contributed by atoms with Crippen molar-refractivity contribution in [3.63, 3.8) is 0 Å².